The van der Waals surface area contributed by atoms with E-state index in [0.717, 1.165) is 0 Å². The van der Waals surface area contributed by atoms with Crippen LogP contribution < -0.4 is 82.3 Å². The van der Waals surface area contributed by atoms with Gasteiger partial charge in [-0.15, -0.1) is 0 Å². The number of phenols is 1. The monoisotopic (exact) mass is 1830 g/mol. The van der Waals surface area contributed by atoms with Crippen LogP contribution in [0.5, 0.6) is 5.75 Å². The van der Waals surface area contributed by atoms with Crippen LogP contribution in [0.15, 0.2) is 64.6 Å². The minimum absolute atomic E-state index is 0.00671. The van der Waals surface area contributed by atoms with E-state index in [1.807, 2.05) is 34.6 Å². The lowest BCUT2D eigenvalue weighted by molar-refractivity contribution is -0.142. The Morgan fingerprint density at radius 3 is 1.75 bits per heavy atom. The van der Waals surface area contributed by atoms with Gasteiger partial charge in [-0.25, -0.2) is 4.79 Å². The van der Waals surface area contributed by atoms with Gasteiger partial charge in [0, 0.05) is 101 Å². The summed E-state index contributed by atoms with van der Waals surface area (Å²) in [7, 11) is 0. The van der Waals surface area contributed by atoms with Crippen molar-refractivity contribution in [1.29, 1.82) is 0 Å². The van der Waals surface area contributed by atoms with Gasteiger partial charge in [-0.3, -0.25) is 91.5 Å². The Morgan fingerprint density at radius 2 is 1.17 bits per heavy atom. The molecule has 1 heterocycles. The topological polar surface area (TPSA) is 677 Å². The van der Waals surface area contributed by atoms with E-state index in [1.165, 1.54) is 12.1 Å². The number of primary amides is 1. The molecule has 39 heteroatoms. The summed E-state index contributed by atoms with van der Waals surface area (Å²) in [5, 5.41) is 63.9. The largest absolute Gasteiger partial charge is 0.508 e. The molecule has 0 aliphatic carbocycles. The van der Waals surface area contributed by atoms with Crippen LogP contribution in [0, 0.1) is 58.7 Å². The lowest BCUT2D eigenvalue weighted by Gasteiger charge is -2.30. The zero-order chi connectivity index (χ0) is 97.8. The molecule has 0 radical (unpaired) electrons. The molecular formula is C91H143N17O22. The lowest BCUT2D eigenvalue weighted by Crippen LogP contribution is -2.56. The quantitative estimate of drug-likeness (QED) is 0.0255. The molecule has 25 N–H and O–H groups in total. The molecule has 0 bridgehead atoms. The van der Waals surface area contributed by atoms with Gasteiger partial charge in [0.25, 0.3) is 0 Å². The summed E-state index contributed by atoms with van der Waals surface area (Å²) in [6, 6.07) is 1.65. The predicted molar refractivity (Wildman–Crippen MR) is 484 cm³/mol. The van der Waals surface area contributed by atoms with Crippen molar-refractivity contribution in [2.45, 2.75) is 291 Å². The summed E-state index contributed by atoms with van der Waals surface area (Å²) < 4.78 is 0. The summed E-state index contributed by atoms with van der Waals surface area (Å²) in [4.78, 5) is 264. The normalized spacial score (nSPS) is 19.8. The Bertz CT molecular complexity index is 4200. The van der Waals surface area contributed by atoms with Gasteiger partial charge in [-0.2, -0.15) is 0 Å². The number of guanidine groups is 2. The fraction of sp³-hybridized carbons (Fsp3) is 0.648. The zero-order valence-electron chi connectivity index (χ0n) is 77.1. The van der Waals surface area contributed by atoms with Crippen LogP contribution in [0.1, 0.15) is 235 Å². The number of carbonyl (C=O) groups is 18. The third-order valence-corrected chi connectivity index (χ3v) is 22.9. The maximum absolute atomic E-state index is 15.5. The number of aromatic hydroxyl groups is 1. The van der Waals surface area contributed by atoms with Crippen molar-refractivity contribution in [3.63, 3.8) is 0 Å². The highest BCUT2D eigenvalue weighted by molar-refractivity contribution is 6.01. The molecule has 2 aromatic carbocycles. The van der Waals surface area contributed by atoms with E-state index in [9.17, 15) is 82.8 Å². The van der Waals surface area contributed by atoms with E-state index < -0.39 is 297 Å². The predicted octanol–water partition coefficient (Wildman–Crippen LogP) is 1.84. The molecule has 1 saturated heterocycles. The minimum Gasteiger partial charge on any atom is -0.508 e. The number of aliphatic imine (C=N–C) groups is 2. The summed E-state index contributed by atoms with van der Waals surface area (Å²) in [6.07, 6.45) is -6.68. The molecule has 0 spiro atoms. The van der Waals surface area contributed by atoms with Gasteiger partial charge in [-0.05, 0) is 129 Å². The molecule has 2 aromatic rings. The van der Waals surface area contributed by atoms with Crippen molar-refractivity contribution in [1.82, 2.24) is 47.9 Å². The number of hydrogen-bond donors (Lipinski definition) is 19. The standard InChI is InChI=1S/C91H143N17O22/c1-12-53(8)79(108-81(122)57(23-18-38-98-89(94)95)45-73(115)68(40-50(2)3)106-85(126)63(92)41-55-26-28-60(110)29-27-55)74(116)47-62(51(4)5)84(125)104-66(30-33-75(93)117)72(114)44-56-22-16-17-24-64(70(112)32-34-76(118)101-69(88(129)130)42-54-20-14-13-15-21-54)102-83(124)59(49-109)43-61(111)48-100-86(127)67(31-35-77(119)120)105-87(128)78(52(6)7)107-82(123)58(36-37-91(9,10)11)46-71(113)65(103-80(56)121)25-19-39-99-90(96)97/h13-15,20-21,26-29,50-53,56-59,62-69,78-79,109-110H,12,16-19,22-25,30-49,92H2,1-11H3,(H2,93,117)(H,100,127)(H,101,118)(H,102,124)(H,103,121)(H,104,125)(H,105,128)(H,106,126)(H,107,123)(H,108,122)(H,119,120)(H,129,130)(H4,94,95,98)(H4,96,97,99)/t53?,56-,57-,58-,59?,62+,63-,64-,65+,66+,67-,68+,69-,78+,79+/m0/s1. The van der Waals surface area contributed by atoms with E-state index in [2.05, 4.69) is 57.8 Å². The molecule has 2 unspecified atom stereocenters. The average molecular weight is 1830 g/mol. The average Bonchev–Trinajstić information content (AvgIpc) is 0.843. The van der Waals surface area contributed by atoms with Crippen molar-refractivity contribution in [3.8, 4) is 5.75 Å². The molecule has 39 nitrogen and oxygen atoms in total. The van der Waals surface area contributed by atoms with Gasteiger partial charge in [0.05, 0.1) is 55.3 Å². The Morgan fingerprint density at radius 1 is 0.569 bits per heavy atom. The van der Waals surface area contributed by atoms with E-state index in [-0.39, 0.29) is 114 Å². The number of carbonyl (C=O) groups excluding carboxylic acids is 16. The number of carboxylic acid groups (broad SMARTS) is 2. The van der Waals surface area contributed by atoms with Gasteiger partial charge in [0.2, 0.25) is 59.1 Å². The molecule has 1 aliphatic rings. The summed E-state index contributed by atoms with van der Waals surface area (Å²) in [6.45, 7) is 17.2. The molecule has 130 heavy (non-hydrogen) atoms. The molecule has 1 aliphatic heterocycles. The molecule has 15 atom stereocenters. The Labute approximate surface area is 760 Å². The zero-order valence-corrected chi connectivity index (χ0v) is 77.1. The fourth-order valence-corrected chi connectivity index (χ4v) is 14.9. The number of aliphatic hydroxyl groups is 1. The second kappa shape index (κ2) is 57.4. The van der Waals surface area contributed by atoms with Crippen LogP contribution in [-0.2, 0) is 99.1 Å². The first-order valence-corrected chi connectivity index (χ1v) is 44.9. The Balaban J connectivity index is 2.28. The number of Topliss-reactive ketones (excluding diaryl/α,β-unsaturated/α-hetero) is 6. The van der Waals surface area contributed by atoms with E-state index in [0.29, 0.717) is 24.0 Å². The number of aliphatic hydroxyl groups excluding tert-OH is 1. The van der Waals surface area contributed by atoms with Crippen molar-refractivity contribution in [3.05, 3.63) is 65.7 Å². The second-order valence-corrected chi connectivity index (χ2v) is 36.3. The number of hydrogen-bond acceptors (Lipinski definition) is 23. The van der Waals surface area contributed by atoms with Gasteiger partial charge < -0.3 is 103 Å². The fourth-order valence-electron chi connectivity index (χ4n) is 14.9. The number of aliphatic carboxylic acids is 2. The van der Waals surface area contributed by atoms with E-state index in [1.54, 1.807) is 84.0 Å². The van der Waals surface area contributed by atoms with Crippen LogP contribution in [0.25, 0.3) is 0 Å². The van der Waals surface area contributed by atoms with E-state index >= 15 is 24.0 Å². The Kier molecular flexibility index (Phi) is 49.7. The molecule has 3 rings (SSSR count). The number of nitrogens with one attached hydrogen (secondary N) is 9. The van der Waals surface area contributed by atoms with Crippen molar-refractivity contribution in [2.75, 3.05) is 26.2 Å². The van der Waals surface area contributed by atoms with E-state index in [4.69, 9.17) is 34.4 Å². The molecule has 0 aromatic heterocycles. The second-order valence-electron chi connectivity index (χ2n) is 36.3. The summed E-state index contributed by atoms with van der Waals surface area (Å²) in [5.74, 6) is -25.6. The van der Waals surface area contributed by atoms with Gasteiger partial charge in [-0.1, -0.05) is 138 Å². The van der Waals surface area contributed by atoms with Crippen LogP contribution in [0.2, 0.25) is 0 Å². The maximum Gasteiger partial charge on any atom is 0.326 e. The summed E-state index contributed by atoms with van der Waals surface area (Å²) >= 11 is 0. The first-order chi connectivity index (χ1) is 61.0. The number of benzene rings is 2. The third kappa shape index (κ3) is 43.2. The van der Waals surface area contributed by atoms with Crippen molar-refractivity contribution in [2.24, 2.45) is 103 Å². The van der Waals surface area contributed by atoms with Crippen LogP contribution in [0.4, 0.5) is 0 Å². The summed E-state index contributed by atoms with van der Waals surface area (Å²) in [5.41, 5.74) is 35.4. The van der Waals surface area contributed by atoms with Gasteiger partial charge >= 0.3 is 11.9 Å². The number of nitrogens with two attached hydrogens (primary N) is 6. The number of phenolic OH excluding ortho intramolecular Hbond substituents is 1. The molecule has 10 amide bonds. The number of ketones is 6. The third-order valence-electron chi connectivity index (χ3n) is 22.9. The highest BCUT2D eigenvalue weighted by Crippen LogP contribution is 2.29. The number of rotatable bonds is 48. The smallest absolute Gasteiger partial charge is 0.326 e. The Hall–Kier alpha value is -11.6. The minimum atomic E-state index is -1.65. The molecule has 0 saturated carbocycles. The number of nitrogens with zero attached hydrogens (tertiary/aromatic N) is 2. The maximum atomic E-state index is 15.5. The van der Waals surface area contributed by atoms with Crippen LogP contribution in [0.3, 0.4) is 0 Å². The van der Waals surface area contributed by atoms with Crippen LogP contribution >= 0.6 is 0 Å². The molecule has 1 fully saturated rings. The molecular weight excluding hydrogens is 1680 g/mol. The van der Waals surface area contributed by atoms with Crippen molar-refractivity contribution >= 4 is 118 Å². The number of amides is 10. The first-order valence-electron chi connectivity index (χ1n) is 44.9. The lowest BCUT2D eigenvalue weighted by atomic mass is 9.83. The van der Waals surface area contributed by atoms with Crippen molar-refractivity contribution < 1.29 is 107 Å². The highest BCUT2D eigenvalue weighted by Gasteiger charge is 2.41. The SMILES string of the molecule is CCC(C)[C@@H](NC(=O)[C@@H](CCCN=C(N)N)CC(=O)[C@@H](CC(C)C)NC(=O)[C@@H](N)Cc1ccc(O)cc1)C(=O)C[C@@H](C(=O)N[C@H](CCC(N)=O)C(=O)C[C@@H]1CCCC[C@@H](C(=O)CCC(=O)N[C@@H](Cc2ccccc2)C(=O)O)NC(=O)C(CO)CC(=O)CNC(=O)[C@H](CCC(=O)O)NC(=O)[C@@H](C(C)C)NC(=O)[C@@H](CCC(C)(C)C)CC(=O)[C@@H](CCCN=C(N)N)NC1=O)C(C)C. The van der Waals surface area contributed by atoms with Gasteiger partial charge in [0.15, 0.2) is 46.6 Å². The number of carboxylic acids is 2. The highest BCUT2D eigenvalue weighted by atomic mass is 16.4. The van der Waals surface area contributed by atoms with Crippen LogP contribution in [-0.4, -0.2) is 219 Å². The first kappa shape index (κ1) is 113. The van der Waals surface area contributed by atoms with Gasteiger partial charge in [0.1, 0.15) is 23.9 Å². The molecule has 724 valence electrons.